The topological polar surface area (TPSA) is 428 Å². The number of nitrogens with zero attached hydrogens (tertiary/aromatic N) is 6. The molecule has 6 rings (SSSR count). The molecule has 4 aromatic rings. The van der Waals surface area contributed by atoms with Crippen LogP contribution in [-0.4, -0.2) is 183 Å². The molecule has 2 aliphatic rings. The quantitative estimate of drug-likeness (QED) is 0.00400. The number of aliphatic carboxylic acids is 1. The van der Waals surface area contributed by atoms with E-state index in [9.17, 15) is 36.0 Å². The minimum Gasteiger partial charge on any atom is -0.487 e. The standard InChI is InChI=1S/C36H59N3O6.C32H52O5.C11H16O5S.C7H7ClO2S.C4H9N3O2.C4H10O3/c1-25(2)11-9-12-26(3)13-10-14-27(4)17-19-36(8)20-18-31-30(7)34(28(5)29(6)35(31)45-36)44-33(41)16-15-32(40)43-24-23-42-22-21-38-39-37;1-21(2)11-9-12-22(3)13-10-14-23(4)17-19-32(8)20-18-27-26(7)30(24(5)25(6)31(27)37-32)36-29(35)16-15-28(33)34;1-10-2-4-11(5-3-10)17(13,14)16-9-8-15-7-6-12;1-6-2-4-7(5-3-6)11(8,9)10;5-7-6-1-3-9-4-2-8;5-1-3-7-4-2-6/h25-27H,9-24H2,1-8H3;21-23H,9-20H2,1-8H3,(H,33,34);2-5,12H,6-9H2,1H3;2-5H,1H3;8H,1-4H2;5-6H,1-4H2/t26-,27-,36-;22-,23-,32-;;;;/m11..../s1. The van der Waals surface area contributed by atoms with Crippen molar-refractivity contribution in [2.24, 2.45) is 45.7 Å². The summed E-state index contributed by atoms with van der Waals surface area (Å²) in [6.07, 6.45) is 23.5. The Balaban J connectivity index is 0.000000860. The minimum atomic E-state index is -3.71. The molecule has 0 amide bonds. The summed E-state index contributed by atoms with van der Waals surface area (Å²) in [5, 5.41) is 48.2. The van der Waals surface area contributed by atoms with E-state index in [1.165, 1.54) is 108 Å². The summed E-state index contributed by atoms with van der Waals surface area (Å²) < 4.78 is 99.0. The van der Waals surface area contributed by atoms with Gasteiger partial charge in [0.2, 0.25) is 0 Å². The summed E-state index contributed by atoms with van der Waals surface area (Å²) in [7, 11) is -2.17. The van der Waals surface area contributed by atoms with Crippen LogP contribution < -0.4 is 18.9 Å². The Hall–Kier alpha value is -7.19. The Bertz CT molecular complexity index is 4120. The number of carbonyl (C=O) groups excluding carboxylic acids is 3. The van der Waals surface area contributed by atoms with E-state index in [0.29, 0.717) is 56.3 Å². The maximum absolute atomic E-state index is 12.7. The predicted molar refractivity (Wildman–Crippen MR) is 493 cm³/mol. The van der Waals surface area contributed by atoms with Crippen molar-refractivity contribution < 1.29 is 108 Å². The van der Waals surface area contributed by atoms with Gasteiger partial charge in [0.15, 0.2) is 0 Å². The number of ether oxygens (including phenoxy) is 9. The number of esters is 3. The highest BCUT2D eigenvalue weighted by molar-refractivity contribution is 8.13. The van der Waals surface area contributed by atoms with E-state index < -0.39 is 43.0 Å². The number of carbonyl (C=O) groups is 4. The predicted octanol–water partition coefficient (Wildman–Crippen LogP) is 19.7. The molecule has 6 atom stereocenters. The highest BCUT2D eigenvalue weighted by Crippen LogP contribution is 2.47. The van der Waals surface area contributed by atoms with Gasteiger partial charge in [-0.1, -0.05) is 178 Å². The van der Waals surface area contributed by atoms with Crippen LogP contribution in [0.25, 0.3) is 20.9 Å². The zero-order valence-electron chi connectivity index (χ0n) is 78.8. The summed E-state index contributed by atoms with van der Waals surface area (Å²) in [5.74, 6) is 5.19. The molecule has 0 aromatic heterocycles. The molecule has 0 spiro atoms. The van der Waals surface area contributed by atoms with E-state index in [1.807, 2.05) is 55.4 Å². The third-order valence-corrected chi connectivity index (χ3v) is 24.7. The van der Waals surface area contributed by atoms with Gasteiger partial charge in [-0.3, -0.25) is 23.4 Å². The van der Waals surface area contributed by atoms with Crippen LogP contribution in [0.1, 0.15) is 266 Å². The fourth-order valence-electron chi connectivity index (χ4n) is 14.0. The normalized spacial score (nSPS) is 15.3. The molecule has 716 valence electrons. The molecule has 2 heterocycles. The van der Waals surface area contributed by atoms with E-state index in [2.05, 4.69) is 94.0 Å². The molecule has 0 unspecified atom stereocenters. The Morgan fingerprint density at radius 3 is 1.14 bits per heavy atom. The number of hydrogen-bond acceptors (Lipinski definition) is 24. The van der Waals surface area contributed by atoms with Crippen LogP contribution in [0.4, 0.5) is 0 Å². The largest absolute Gasteiger partial charge is 0.487 e. The molecule has 4 aromatic carbocycles. The maximum Gasteiger partial charge on any atom is 0.311 e. The van der Waals surface area contributed by atoms with E-state index in [4.69, 9.17) is 89.4 Å². The van der Waals surface area contributed by atoms with Crippen molar-refractivity contribution in [1.29, 1.82) is 0 Å². The minimum absolute atomic E-state index is 0.0102. The molecule has 29 nitrogen and oxygen atoms in total. The number of fused-ring (bicyclic) bond motifs is 2. The van der Waals surface area contributed by atoms with Crippen LogP contribution >= 0.6 is 10.7 Å². The lowest BCUT2D eigenvalue weighted by Crippen LogP contribution is -2.37. The van der Waals surface area contributed by atoms with Crippen LogP contribution in [0.3, 0.4) is 0 Å². The number of aryl methyl sites for hydroxylation is 2. The van der Waals surface area contributed by atoms with Crippen molar-refractivity contribution >= 4 is 53.7 Å². The second kappa shape index (κ2) is 65.4. The third-order valence-electron chi connectivity index (χ3n) is 22.0. The molecule has 0 saturated carbocycles. The number of hydrogen-bond donors (Lipinski definition) is 5. The Morgan fingerprint density at radius 1 is 0.444 bits per heavy atom. The van der Waals surface area contributed by atoms with Crippen LogP contribution in [0.2, 0.25) is 0 Å². The SMILES string of the molecule is Cc1c(C)c2c(c(C)c1OC(=O)CCC(=O)O)CC[C@@](C)(CC[C@H](C)CCC[C@H](C)CCCC(C)C)O2.Cc1c(C)c2c(c(C)c1OC(=O)CCC(=O)OCCOCCN=[N+]=[N-])CC[C@@](C)(CC[C@H](C)CCC[C@H](C)CCCC(C)C)O2.Cc1ccc(S(=O)(=O)Cl)cc1.Cc1ccc(S(=O)(=O)OCCOCCO)cc1.OCCOCCO.[N-]=[N+]=NCCOCCO. The van der Waals surface area contributed by atoms with Gasteiger partial charge in [-0.25, -0.2) is 8.42 Å². The molecular weight excluding hydrogens is 1680 g/mol. The van der Waals surface area contributed by atoms with Gasteiger partial charge in [0.05, 0.1) is 121 Å². The number of benzene rings is 4. The zero-order valence-corrected chi connectivity index (χ0v) is 81.2. The Labute approximate surface area is 756 Å². The first kappa shape index (κ1) is 117. The number of halogens is 1. The summed E-state index contributed by atoms with van der Waals surface area (Å²) in [4.78, 5) is 53.2. The number of aliphatic hydroxyl groups is 4. The number of rotatable bonds is 53. The van der Waals surface area contributed by atoms with Crippen molar-refractivity contribution in [3.63, 3.8) is 0 Å². The van der Waals surface area contributed by atoms with Gasteiger partial charge in [0.25, 0.3) is 19.2 Å². The van der Waals surface area contributed by atoms with E-state index >= 15 is 0 Å². The summed E-state index contributed by atoms with van der Waals surface area (Å²) >= 11 is 0. The van der Waals surface area contributed by atoms with Gasteiger partial charge in [0, 0.05) is 44.7 Å². The third kappa shape index (κ3) is 50.7. The number of aliphatic hydroxyl groups excluding tert-OH is 4. The number of azide groups is 2. The van der Waals surface area contributed by atoms with Crippen molar-refractivity contribution in [3.8, 4) is 23.0 Å². The molecule has 0 fully saturated rings. The van der Waals surface area contributed by atoms with Gasteiger partial charge in [0.1, 0.15) is 40.8 Å². The number of carboxylic acid groups (broad SMARTS) is 1. The fraction of sp³-hybridized carbons (Fsp3) is 0.702. The first-order valence-electron chi connectivity index (χ1n) is 44.7. The molecular formula is C94H153ClN6O23S2. The van der Waals surface area contributed by atoms with Crippen molar-refractivity contribution in [2.75, 3.05) is 106 Å². The van der Waals surface area contributed by atoms with Crippen molar-refractivity contribution in [3.05, 3.63) is 125 Å². The van der Waals surface area contributed by atoms with Crippen LogP contribution in [0.5, 0.6) is 23.0 Å². The molecule has 0 bridgehead atoms. The van der Waals surface area contributed by atoms with Gasteiger partial charge < -0.3 is 68.2 Å². The lowest BCUT2D eigenvalue weighted by Gasteiger charge is -2.39. The first-order chi connectivity index (χ1) is 59.6. The second-order valence-corrected chi connectivity index (χ2v) is 38.5. The summed E-state index contributed by atoms with van der Waals surface area (Å²) in [5.41, 5.74) is 25.5. The van der Waals surface area contributed by atoms with Crippen molar-refractivity contribution in [2.45, 2.75) is 300 Å². The first-order valence-corrected chi connectivity index (χ1v) is 48.5. The van der Waals surface area contributed by atoms with Crippen LogP contribution in [0, 0.1) is 90.9 Å². The highest BCUT2D eigenvalue weighted by atomic mass is 35.7. The Kier molecular flexibility index (Phi) is 60.6. The van der Waals surface area contributed by atoms with Gasteiger partial charge in [-0.2, -0.15) is 8.42 Å². The van der Waals surface area contributed by atoms with E-state index in [0.717, 1.165) is 136 Å². The lowest BCUT2D eigenvalue weighted by molar-refractivity contribution is -0.148. The van der Waals surface area contributed by atoms with Gasteiger partial charge in [-0.15, -0.1) is 0 Å². The molecule has 5 N–H and O–H groups in total. The molecule has 0 aliphatic carbocycles. The monoisotopic (exact) mass is 1830 g/mol. The average molecular weight is 1830 g/mol. The summed E-state index contributed by atoms with van der Waals surface area (Å²) in [6.45, 7) is 41.6. The van der Waals surface area contributed by atoms with Crippen molar-refractivity contribution in [1.82, 2.24) is 0 Å². The second-order valence-electron chi connectivity index (χ2n) is 34.3. The van der Waals surface area contributed by atoms with Gasteiger partial charge in [-0.05, 0) is 225 Å². The fourth-order valence-corrected chi connectivity index (χ4v) is 15.6. The van der Waals surface area contributed by atoms with Gasteiger partial charge >= 0.3 is 23.9 Å². The van der Waals surface area contributed by atoms with E-state index in [-0.39, 0.29) is 119 Å². The zero-order chi connectivity index (χ0) is 94.9. The van der Waals surface area contributed by atoms with Crippen LogP contribution in [0.15, 0.2) is 68.6 Å². The number of carboxylic acids is 1. The van der Waals surface area contributed by atoms with E-state index in [1.54, 1.807) is 24.3 Å². The summed E-state index contributed by atoms with van der Waals surface area (Å²) in [6, 6.07) is 12.8. The molecule has 0 radical (unpaired) electrons. The lowest BCUT2D eigenvalue weighted by atomic mass is 9.83. The smallest absolute Gasteiger partial charge is 0.311 e. The maximum atomic E-state index is 12.7. The van der Waals surface area contributed by atoms with Crippen LogP contribution in [-0.2, 0) is 79.1 Å². The average Bonchev–Trinajstić information content (AvgIpc) is 0.762. The molecule has 126 heavy (non-hydrogen) atoms. The molecule has 32 heteroatoms. The highest BCUT2D eigenvalue weighted by Gasteiger charge is 2.37. The molecule has 2 aliphatic heterocycles. The molecule has 0 saturated heterocycles. The Morgan fingerprint density at radius 2 is 0.778 bits per heavy atom.